The molecule has 0 unspecified atom stereocenters. The van der Waals surface area contributed by atoms with Gasteiger partial charge in [0.05, 0.1) is 12.2 Å². The van der Waals surface area contributed by atoms with E-state index in [2.05, 4.69) is 27.3 Å². The largest absolute Gasteiger partial charge is 0.380 e. The number of nitrogens with one attached hydrogen (secondary N) is 1. The van der Waals surface area contributed by atoms with Crippen LogP contribution in [0.25, 0.3) is 22.4 Å². The fourth-order valence-corrected chi connectivity index (χ4v) is 5.10. The van der Waals surface area contributed by atoms with Gasteiger partial charge in [0.15, 0.2) is 5.82 Å². The predicted molar refractivity (Wildman–Crippen MR) is 121 cm³/mol. The van der Waals surface area contributed by atoms with Crippen molar-refractivity contribution in [3.05, 3.63) is 34.9 Å². The number of ether oxygens (including phenoxy) is 1. The quantitative estimate of drug-likeness (QED) is 0.656. The number of rotatable bonds is 4. The summed E-state index contributed by atoms with van der Waals surface area (Å²) < 4.78 is 26.0. The molecule has 0 saturated carbocycles. The van der Waals surface area contributed by atoms with Crippen molar-refractivity contribution in [1.29, 1.82) is 0 Å². The molecule has 4 heterocycles. The Morgan fingerprint density at radius 2 is 1.97 bits per heavy atom. The maximum atomic E-state index is 14.9. The molecule has 3 atom stereocenters. The summed E-state index contributed by atoms with van der Waals surface area (Å²) in [5.41, 5.74) is 2.95. The smallest absolute Gasteiger partial charge is 0.261 e. The van der Waals surface area contributed by atoms with Gasteiger partial charge in [0.25, 0.3) is 5.89 Å². The lowest BCUT2D eigenvalue weighted by Crippen LogP contribution is -2.50. The molecular weight excluding hydrogens is 409 g/mol. The van der Waals surface area contributed by atoms with E-state index >= 15 is 0 Å². The molecule has 0 amide bonds. The van der Waals surface area contributed by atoms with Gasteiger partial charge in [-0.25, -0.2) is 9.37 Å². The normalized spacial score (nSPS) is 23.9. The molecule has 0 radical (unpaired) electrons. The van der Waals surface area contributed by atoms with E-state index in [0.717, 1.165) is 66.9 Å². The van der Waals surface area contributed by atoms with Gasteiger partial charge in [-0.3, -0.25) is 0 Å². The molecule has 3 aromatic rings. The Bertz CT molecular complexity index is 1140. The minimum atomic E-state index is -0.303. The Labute approximate surface area is 187 Å². The zero-order valence-electron chi connectivity index (χ0n) is 19.1. The van der Waals surface area contributed by atoms with Gasteiger partial charge in [0.1, 0.15) is 17.2 Å². The molecule has 1 N–H and O–H groups in total. The van der Waals surface area contributed by atoms with Crippen molar-refractivity contribution in [2.75, 3.05) is 24.7 Å². The van der Waals surface area contributed by atoms with E-state index in [1.807, 2.05) is 19.9 Å². The highest BCUT2D eigenvalue weighted by Crippen LogP contribution is 2.39. The van der Waals surface area contributed by atoms with Crippen LogP contribution >= 0.6 is 0 Å². The number of hydrogen-bond acceptors (Lipinski definition) is 7. The Morgan fingerprint density at radius 3 is 2.66 bits per heavy atom. The average Bonchev–Trinajstić information content (AvgIpc) is 3.40. The van der Waals surface area contributed by atoms with Gasteiger partial charge in [-0.15, -0.1) is 0 Å². The number of pyridine rings is 1. The van der Waals surface area contributed by atoms with Crippen LogP contribution < -0.4 is 10.2 Å². The monoisotopic (exact) mass is 439 g/mol. The van der Waals surface area contributed by atoms with E-state index in [9.17, 15) is 4.39 Å². The molecule has 32 heavy (non-hydrogen) atoms. The predicted octanol–water partition coefficient (Wildman–Crippen LogP) is 4.08. The summed E-state index contributed by atoms with van der Waals surface area (Å²) in [5, 5.41) is 8.53. The lowest BCUT2D eigenvalue weighted by Gasteiger charge is -2.40. The fourth-order valence-electron chi connectivity index (χ4n) is 5.10. The number of hydrogen-bond donors (Lipinski definition) is 1. The number of nitrogens with zero attached hydrogens (tertiary/aromatic N) is 4. The van der Waals surface area contributed by atoms with E-state index < -0.39 is 0 Å². The van der Waals surface area contributed by atoms with Crippen LogP contribution in [0.3, 0.4) is 0 Å². The number of fused-ring (bicyclic) bond motifs is 1. The minimum absolute atomic E-state index is 0.226. The molecule has 2 aliphatic rings. The zero-order chi connectivity index (χ0) is 22.4. The summed E-state index contributed by atoms with van der Waals surface area (Å²) in [4.78, 5) is 11.6. The van der Waals surface area contributed by atoms with Crippen molar-refractivity contribution < 1.29 is 13.7 Å². The summed E-state index contributed by atoms with van der Waals surface area (Å²) in [5.74, 6) is 1.41. The van der Waals surface area contributed by atoms with E-state index in [1.165, 1.54) is 0 Å². The first kappa shape index (κ1) is 21.3. The third-order valence-electron chi connectivity index (χ3n) is 6.72. The van der Waals surface area contributed by atoms with Gasteiger partial charge in [-0.2, -0.15) is 4.98 Å². The van der Waals surface area contributed by atoms with Crippen molar-refractivity contribution in [3.63, 3.8) is 0 Å². The van der Waals surface area contributed by atoms with E-state index in [4.69, 9.17) is 14.2 Å². The third kappa shape index (κ3) is 3.86. The molecule has 1 aromatic carbocycles. The van der Waals surface area contributed by atoms with Crippen LogP contribution in [0.2, 0.25) is 0 Å². The van der Waals surface area contributed by atoms with E-state index in [-0.39, 0.29) is 11.9 Å². The van der Waals surface area contributed by atoms with Crippen LogP contribution in [0.5, 0.6) is 0 Å². The lowest BCUT2D eigenvalue weighted by atomic mass is 9.95. The number of aryl methyl sites for hydroxylation is 3. The Morgan fingerprint density at radius 1 is 1.12 bits per heavy atom. The summed E-state index contributed by atoms with van der Waals surface area (Å²) in [6.07, 6.45) is 3.03. The second-order valence-electron chi connectivity index (χ2n) is 9.22. The van der Waals surface area contributed by atoms with Crippen LogP contribution in [-0.4, -0.2) is 53.0 Å². The Balaban J connectivity index is 1.55. The van der Waals surface area contributed by atoms with Crippen molar-refractivity contribution in [3.8, 4) is 11.5 Å². The summed E-state index contributed by atoms with van der Waals surface area (Å²) in [6, 6.07) is 4.61. The van der Waals surface area contributed by atoms with Crippen molar-refractivity contribution >= 4 is 16.7 Å². The third-order valence-corrected chi connectivity index (χ3v) is 6.72. The van der Waals surface area contributed by atoms with Gasteiger partial charge in [0, 0.05) is 36.7 Å². The zero-order valence-corrected chi connectivity index (χ0v) is 19.1. The first-order valence-corrected chi connectivity index (χ1v) is 11.4. The second kappa shape index (κ2) is 8.41. The van der Waals surface area contributed by atoms with Gasteiger partial charge in [0.2, 0.25) is 0 Å². The van der Waals surface area contributed by atoms with Crippen LogP contribution in [-0.2, 0) is 4.74 Å². The molecule has 0 bridgehead atoms. The summed E-state index contributed by atoms with van der Waals surface area (Å²) in [7, 11) is 0. The highest BCUT2D eigenvalue weighted by molar-refractivity contribution is 5.93. The van der Waals surface area contributed by atoms with Crippen molar-refractivity contribution in [2.45, 2.75) is 65.1 Å². The molecule has 5 rings (SSSR count). The van der Waals surface area contributed by atoms with E-state index in [0.29, 0.717) is 29.3 Å². The van der Waals surface area contributed by atoms with Gasteiger partial charge < -0.3 is 19.5 Å². The van der Waals surface area contributed by atoms with Crippen LogP contribution in [0.15, 0.2) is 16.7 Å². The average molecular weight is 440 g/mol. The van der Waals surface area contributed by atoms with Crippen molar-refractivity contribution in [2.24, 2.45) is 0 Å². The van der Waals surface area contributed by atoms with E-state index in [1.54, 1.807) is 13.0 Å². The lowest BCUT2D eigenvalue weighted by molar-refractivity contribution is 0.185. The highest BCUT2D eigenvalue weighted by Gasteiger charge is 2.32. The number of aromatic nitrogens is 3. The maximum Gasteiger partial charge on any atom is 0.261 e. The number of piperidine rings is 1. The van der Waals surface area contributed by atoms with Crippen LogP contribution in [0, 0.1) is 26.6 Å². The summed E-state index contributed by atoms with van der Waals surface area (Å²) in [6.45, 7) is 10.3. The molecule has 2 saturated heterocycles. The SMILES string of the molecule is Cc1cc(F)c2nc(N3CC[C@@H](N[C@H]4CCOC4)C[C@H]3C)c(-c3nc(C)no3)c(C)c2c1. The maximum absolute atomic E-state index is 14.9. The molecule has 2 fully saturated rings. The van der Waals surface area contributed by atoms with Crippen LogP contribution in [0.4, 0.5) is 10.2 Å². The molecular formula is C24H30FN5O2. The molecule has 8 heteroatoms. The topological polar surface area (TPSA) is 76.3 Å². The number of benzene rings is 1. The van der Waals surface area contributed by atoms with Gasteiger partial charge >= 0.3 is 0 Å². The first-order chi connectivity index (χ1) is 15.4. The number of anilines is 1. The first-order valence-electron chi connectivity index (χ1n) is 11.4. The van der Waals surface area contributed by atoms with Gasteiger partial charge in [-0.05, 0) is 70.2 Å². The van der Waals surface area contributed by atoms with Crippen molar-refractivity contribution in [1.82, 2.24) is 20.4 Å². The molecule has 2 aromatic heterocycles. The second-order valence-corrected chi connectivity index (χ2v) is 9.22. The molecule has 7 nitrogen and oxygen atoms in total. The Kier molecular flexibility index (Phi) is 5.59. The summed E-state index contributed by atoms with van der Waals surface area (Å²) >= 11 is 0. The molecule has 170 valence electrons. The Hall–Kier alpha value is -2.58. The molecule has 2 aliphatic heterocycles. The standard InChI is InChI=1S/C24H30FN5O2/c1-13-9-19-15(3)21(24-26-16(4)29-32-24)23(28-22(19)20(25)10-13)30-7-5-17(11-14(30)2)27-18-6-8-31-12-18/h9-10,14,17-18,27H,5-8,11-12H2,1-4H3/t14-,17-,18+/m1/s1. The fraction of sp³-hybridized carbons (Fsp3) is 0.542. The molecule has 0 spiro atoms. The van der Waals surface area contributed by atoms with Crippen LogP contribution in [0.1, 0.15) is 43.1 Å². The van der Waals surface area contributed by atoms with Gasteiger partial charge in [-0.1, -0.05) is 5.16 Å². The minimum Gasteiger partial charge on any atom is -0.380 e. The number of halogens is 1. The molecule has 0 aliphatic carbocycles. The highest BCUT2D eigenvalue weighted by atomic mass is 19.1.